The van der Waals surface area contributed by atoms with Crippen LogP contribution >= 0.6 is 11.6 Å². The average molecular weight is 453 g/mol. The number of nitriles is 1. The predicted molar refractivity (Wildman–Crippen MR) is 119 cm³/mol. The molecule has 0 unspecified atom stereocenters. The maximum Gasteiger partial charge on any atom is 0.339 e. The van der Waals surface area contributed by atoms with Gasteiger partial charge in [-0.25, -0.2) is 0 Å². The molecule has 0 spiro atoms. The number of amides is 1. The molecule has 0 saturated carbocycles. The quantitative estimate of drug-likeness (QED) is 0.324. The van der Waals surface area contributed by atoms with Crippen LogP contribution in [0.15, 0.2) is 83.3 Å². The zero-order chi connectivity index (χ0) is 22.4. The van der Waals surface area contributed by atoms with E-state index >= 15 is 0 Å². The second-order valence-electron chi connectivity index (χ2n) is 6.47. The van der Waals surface area contributed by atoms with Crippen molar-refractivity contribution in [2.24, 2.45) is 0 Å². The highest BCUT2D eigenvalue weighted by Gasteiger charge is 2.19. The van der Waals surface area contributed by atoms with Crippen molar-refractivity contribution in [1.82, 2.24) is 0 Å². The molecule has 0 aliphatic heterocycles. The molecule has 0 bridgehead atoms. The van der Waals surface area contributed by atoms with Crippen molar-refractivity contribution in [3.63, 3.8) is 0 Å². The van der Waals surface area contributed by atoms with Crippen LogP contribution in [0.5, 0.6) is 5.75 Å². The first kappa shape index (κ1) is 22.1. The Balaban J connectivity index is 1.90. The van der Waals surface area contributed by atoms with Gasteiger partial charge in [0, 0.05) is 16.3 Å². The lowest BCUT2D eigenvalue weighted by Gasteiger charge is -2.10. The Labute approximate surface area is 185 Å². The number of halogens is 1. The van der Waals surface area contributed by atoms with Gasteiger partial charge in [0.15, 0.2) is 0 Å². The first-order valence-electron chi connectivity index (χ1n) is 9.08. The fourth-order valence-corrected chi connectivity index (χ4v) is 3.73. The van der Waals surface area contributed by atoms with Gasteiger partial charge in [0.25, 0.3) is 5.91 Å². The van der Waals surface area contributed by atoms with E-state index in [0.29, 0.717) is 10.7 Å². The van der Waals surface area contributed by atoms with Crippen LogP contribution < -0.4 is 9.50 Å². The van der Waals surface area contributed by atoms with E-state index in [2.05, 4.69) is 5.32 Å². The zero-order valence-electron chi connectivity index (χ0n) is 16.4. The van der Waals surface area contributed by atoms with Gasteiger partial charge in [-0.15, -0.1) is 0 Å². The summed E-state index contributed by atoms with van der Waals surface area (Å²) in [5.74, 6) is -0.638. The summed E-state index contributed by atoms with van der Waals surface area (Å²) in [6.07, 6.45) is 1.28. The molecule has 6 nitrogen and oxygen atoms in total. The number of para-hydroxylation sites is 2. The van der Waals surface area contributed by atoms with Crippen molar-refractivity contribution in [3.05, 3.63) is 94.5 Å². The van der Waals surface area contributed by atoms with Crippen molar-refractivity contribution in [3.8, 4) is 11.8 Å². The molecule has 0 heterocycles. The van der Waals surface area contributed by atoms with Gasteiger partial charge in [-0.3, -0.25) is 4.79 Å². The zero-order valence-corrected chi connectivity index (χ0v) is 17.9. The number of anilines is 1. The second kappa shape index (κ2) is 9.47. The lowest BCUT2D eigenvalue weighted by molar-refractivity contribution is -0.112. The fourth-order valence-electron chi connectivity index (χ4n) is 2.65. The Kier molecular flexibility index (Phi) is 6.75. The van der Waals surface area contributed by atoms with E-state index < -0.39 is 16.0 Å². The standard InChI is InChI=1S/C23H17ClN2O4S/c1-16-6-2-4-8-21(16)26-23(27)18(15-25)14-17-7-3-5-9-22(17)30-31(28,29)20-12-10-19(24)11-13-20/h2-14H,1H3,(H,26,27)/b18-14+. The predicted octanol–water partition coefficient (Wildman–Crippen LogP) is 4.96. The third-order valence-corrected chi connectivity index (χ3v) is 5.78. The second-order valence-corrected chi connectivity index (χ2v) is 8.45. The SMILES string of the molecule is Cc1ccccc1NC(=O)/C(C#N)=C/c1ccccc1OS(=O)(=O)c1ccc(Cl)cc1. The highest BCUT2D eigenvalue weighted by Crippen LogP contribution is 2.26. The molecule has 0 aromatic heterocycles. The summed E-state index contributed by atoms with van der Waals surface area (Å²) in [7, 11) is -4.14. The van der Waals surface area contributed by atoms with Crippen LogP contribution in [0.4, 0.5) is 5.69 Å². The summed E-state index contributed by atoms with van der Waals surface area (Å²) in [5.41, 5.74) is 1.47. The molecule has 3 aromatic rings. The van der Waals surface area contributed by atoms with Crippen LogP contribution in [-0.2, 0) is 14.9 Å². The largest absolute Gasteiger partial charge is 0.378 e. The molecule has 156 valence electrons. The maximum absolute atomic E-state index is 12.6. The Hall–Kier alpha value is -3.60. The molecule has 0 aliphatic rings. The Morgan fingerprint density at radius 2 is 1.68 bits per heavy atom. The van der Waals surface area contributed by atoms with E-state index in [4.69, 9.17) is 15.8 Å². The maximum atomic E-state index is 12.6. The summed E-state index contributed by atoms with van der Waals surface area (Å²) in [5, 5.41) is 12.6. The number of rotatable bonds is 6. The minimum Gasteiger partial charge on any atom is -0.378 e. The first-order valence-corrected chi connectivity index (χ1v) is 10.9. The number of nitrogens with one attached hydrogen (secondary N) is 1. The first-order chi connectivity index (χ1) is 14.8. The van der Waals surface area contributed by atoms with Crippen LogP contribution in [0.25, 0.3) is 6.08 Å². The third-order valence-electron chi connectivity index (χ3n) is 4.28. The smallest absolute Gasteiger partial charge is 0.339 e. The van der Waals surface area contributed by atoms with Crippen LogP contribution in [-0.4, -0.2) is 14.3 Å². The lowest BCUT2D eigenvalue weighted by atomic mass is 10.1. The molecule has 0 atom stereocenters. The van der Waals surface area contributed by atoms with Crippen LogP contribution in [0.2, 0.25) is 5.02 Å². The summed E-state index contributed by atoms with van der Waals surface area (Å²) >= 11 is 5.81. The molecule has 3 aromatic carbocycles. The van der Waals surface area contributed by atoms with E-state index in [0.717, 1.165) is 5.56 Å². The van der Waals surface area contributed by atoms with Gasteiger partial charge < -0.3 is 9.50 Å². The summed E-state index contributed by atoms with van der Waals surface area (Å²) in [6, 6.07) is 20.7. The van der Waals surface area contributed by atoms with Gasteiger partial charge in [-0.1, -0.05) is 48.0 Å². The molecule has 0 radical (unpaired) electrons. The van der Waals surface area contributed by atoms with E-state index in [1.54, 1.807) is 30.3 Å². The highest BCUT2D eigenvalue weighted by molar-refractivity contribution is 7.87. The molecule has 0 fully saturated rings. The Morgan fingerprint density at radius 3 is 2.35 bits per heavy atom. The summed E-state index contributed by atoms with van der Waals surface area (Å²) in [4.78, 5) is 12.5. The minimum absolute atomic E-state index is 0.0195. The summed E-state index contributed by atoms with van der Waals surface area (Å²) in [6.45, 7) is 1.83. The monoisotopic (exact) mass is 452 g/mol. The topological polar surface area (TPSA) is 96.3 Å². The van der Waals surface area contributed by atoms with Gasteiger partial charge in [-0.2, -0.15) is 13.7 Å². The third kappa shape index (κ3) is 5.51. The van der Waals surface area contributed by atoms with Gasteiger partial charge >= 0.3 is 10.1 Å². The molecule has 1 amide bonds. The fraction of sp³-hybridized carbons (Fsp3) is 0.0435. The molecular weight excluding hydrogens is 436 g/mol. The Morgan fingerprint density at radius 1 is 1.03 bits per heavy atom. The number of aryl methyl sites for hydroxylation is 1. The van der Waals surface area contributed by atoms with Crippen LogP contribution in [0.3, 0.4) is 0 Å². The van der Waals surface area contributed by atoms with Crippen LogP contribution in [0.1, 0.15) is 11.1 Å². The van der Waals surface area contributed by atoms with E-state index in [9.17, 15) is 18.5 Å². The number of benzene rings is 3. The molecule has 8 heteroatoms. The van der Waals surface area contributed by atoms with Crippen molar-refractivity contribution in [2.45, 2.75) is 11.8 Å². The highest BCUT2D eigenvalue weighted by atomic mass is 35.5. The van der Waals surface area contributed by atoms with Crippen molar-refractivity contribution < 1.29 is 17.4 Å². The Bertz CT molecular complexity index is 1290. The number of carbonyl (C=O) groups is 1. The van der Waals surface area contributed by atoms with Gasteiger partial charge in [0.2, 0.25) is 0 Å². The lowest BCUT2D eigenvalue weighted by Crippen LogP contribution is -2.14. The summed E-state index contributed by atoms with van der Waals surface area (Å²) < 4.78 is 30.5. The van der Waals surface area contributed by atoms with Gasteiger partial charge in [-0.05, 0) is 55.0 Å². The number of hydrogen-bond donors (Lipinski definition) is 1. The molecule has 0 saturated heterocycles. The van der Waals surface area contributed by atoms with Crippen LogP contribution in [0, 0.1) is 18.3 Å². The van der Waals surface area contributed by atoms with E-state index in [-0.39, 0.29) is 21.8 Å². The van der Waals surface area contributed by atoms with Gasteiger partial charge in [0.1, 0.15) is 22.3 Å². The number of nitrogens with zero attached hydrogens (tertiary/aromatic N) is 1. The molecule has 0 aliphatic carbocycles. The van der Waals surface area contributed by atoms with Crippen molar-refractivity contribution in [1.29, 1.82) is 5.26 Å². The molecule has 1 N–H and O–H groups in total. The van der Waals surface area contributed by atoms with E-state index in [1.165, 1.54) is 36.4 Å². The molecular formula is C23H17ClN2O4S. The minimum atomic E-state index is -4.14. The number of carbonyl (C=O) groups excluding carboxylic acids is 1. The number of hydrogen-bond acceptors (Lipinski definition) is 5. The van der Waals surface area contributed by atoms with Gasteiger partial charge in [0.05, 0.1) is 0 Å². The van der Waals surface area contributed by atoms with Crippen molar-refractivity contribution in [2.75, 3.05) is 5.32 Å². The van der Waals surface area contributed by atoms with E-state index in [1.807, 2.05) is 25.1 Å². The average Bonchev–Trinajstić information content (AvgIpc) is 2.74. The molecule has 31 heavy (non-hydrogen) atoms. The van der Waals surface area contributed by atoms with Crippen molar-refractivity contribution >= 4 is 39.4 Å². The molecule has 3 rings (SSSR count). The normalized spacial score (nSPS) is 11.5.